The van der Waals surface area contributed by atoms with Crippen LogP contribution in [0.5, 0.6) is 0 Å². The van der Waals surface area contributed by atoms with Crippen LogP contribution < -0.4 is 5.32 Å². The normalized spacial score (nSPS) is 10.8. The molecule has 2 aromatic carbocycles. The molecule has 0 aliphatic carbocycles. The third-order valence-electron chi connectivity index (χ3n) is 4.84. The van der Waals surface area contributed by atoms with Gasteiger partial charge in [-0.3, -0.25) is 9.78 Å². The van der Waals surface area contributed by atoms with E-state index in [-0.39, 0.29) is 5.91 Å². The SMILES string of the molecule is Cc1ccc(SCc2nc(-c3ccc(C(=O)NCc4ccccn4)cc3)oc2C)cc1. The van der Waals surface area contributed by atoms with Crippen molar-refractivity contribution in [2.24, 2.45) is 0 Å². The van der Waals surface area contributed by atoms with E-state index in [1.807, 2.05) is 37.3 Å². The van der Waals surface area contributed by atoms with E-state index in [2.05, 4.69) is 46.5 Å². The van der Waals surface area contributed by atoms with E-state index in [1.54, 1.807) is 30.1 Å². The molecular weight excluding hydrogens is 406 g/mol. The molecule has 0 saturated heterocycles. The molecule has 0 aliphatic heterocycles. The number of aromatic nitrogens is 2. The molecule has 0 atom stereocenters. The Morgan fingerprint density at radius 1 is 1.00 bits per heavy atom. The molecule has 6 heteroatoms. The van der Waals surface area contributed by atoms with Gasteiger partial charge in [-0.1, -0.05) is 23.8 Å². The molecule has 5 nitrogen and oxygen atoms in total. The standard InChI is InChI=1S/C25H23N3O2S/c1-17-6-12-22(13-7-17)31-16-23-18(2)30-25(28-23)20-10-8-19(9-11-20)24(29)27-15-21-5-3-4-14-26-21/h3-14H,15-16H2,1-2H3,(H,27,29). The lowest BCUT2D eigenvalue weighted by Crippen LogP contribution is -2.23. The monoisotopic (exact) mass is 429 g/mol. The van der Waals surface area contributed by atoms with Crippen LogP contribution in [0.1, 0.15) is 33.1 Å². The van der Waals surface area contributed by atoms with Crippen molar-refractivity contribution in [3.63, 3.8) is 0 Å². The summed E-state index contributed by atoms with van der Waals surface area (Å²) in [5.74, 6) is 1.98. The number of rotatable bonds is 7. The van der Waals surface area contributed by atoms with Crippen LogP contribution in [0.25, 0.3) is 11.5 Å². The minimum atomic E-state index is -0.143. The molecule has 1 N–H and O–H groups in total. The molecule has 0 bridgehead atoms. The number of carbonyl (C=O) groups is 1. The van der Waals surface area contributed by atoms with Crippen molar-refractivity contribution < 1.29 is 9.21 Å². The van der Waals surface area contributed by atoms with Gasteiger partial charge in [0, 0.05) is 28.0 Å². The summed E-state index contributed by atoms with van der Waals surface area (Å²) in [4.78, 5) is 22.5. The summed E-state index contributed by atoms with van der Waals surface area (Å²) in [6.45, 7) is 4.40. The Hall–Kier alpha value is -3.38. The zero-order valence-electron chi connectivity index (χ0n) is 17.5. The van der Waals surface area contributed by atoms with Crippen LogP contribution in [0.2, 0.25) is 0 Å². The molecule has 0 saturated carbocycles. The van der Waals surface area contributed by atoms with E-state index in [9.17, 15) is 4.79 Å². The Balaban J connectivity index is 1.38. The number of hydrogen-bond acceptors (Lipinski definition) is 5. The van der Waals surface area contributed by atoms with Gasteiger partial charge in [0.1, 0.15) is 5.76 Å². The van der Waals surface area contributed by atoms with Crippen molar-refractivity contribution in [2.75, 3.05) is 0 Å². The largest absolute Gasteiger partial charge is 0.441 e. The first kappa shape index (κ1) is 20.9. The highest BCUT2D eigenvalue weighted by Gasteiger charge is 2.13. The predicted molar refractivity (Wildman–Crippen MR) is 123 cm³/mol. The Labute approximate surface area is 185 Å². The number of nitrogens with one attached hydrogen (secondary N) is 1. The van der Waals surface area contributed by atoms with E-state index in [0.717, 1.165) is 28.5 Å². The summed E-state index contributed by atoms with van der Waals surface area (Å²) >= 11 is 1.73. The Bertz CT molecular complexity index is 1150. The number of carbonyl (C=O) groups excluding carboxylic acids is 1. The molecule has 1 amide bonds. The molecule has 2 heterocycles. The van der Waals surface area contributed by atoms with Gasteiger partial charge in [0.15, 0.2) is 0 Å². The van der Waals surface area contributed by atoms with Crippen molar-refractivity contribution in [1.82, 2.24) is 15.3 Å². The minimum absolute atomic E-state index is 0.143. The summed E-state index contributed by atoms with van der Waals surface area (Å²) in [6, 6.07) is 21.4. The van der Waals surface area contributed by atoms with Crippen LogP contribution in [0.4, 0.5) is 0 Å². The van der Waals surface area contributed by atoms with E-state index >= 15 is 0 Å². The van der Waals surface area contributed by atoms with Gasteiger partial charge in [0.2, 0.25) is 5.89 Å². The van der Waals surface area contributed by atoms with Gasteiger partial charge < -0.3 is 9.73 Å². The second-order valence-corrected chi connectivity index (χ2v) is 8.25. The van der Waals surface area contributed by atoms with Crippen molar-refractivity contribution in [1.29, 1.82) is 0 Å². The van der Waals surface area contributed by atoms with Gasteiger partial charge in [-0.25, -0.2) is 4.98 Å². The maximum atomic E-state index is 12.4. The number of nitrogens with zero attached hydrogens (tertiary/aromatic N) is 2. The van der Waals surface area contributed by atoms with Gasteiger partial charge in [-0.05, 0) is 62.4 Å². The second kappa shape index (κ2) is 9.62. The Morgan fingerprint density at radius 2 is 1.77 bits per heavy atom. The first-order chi connectivity index (χ1) is 15.1. The molecular formula is C25H23N3O2S. The average Bonchev–Trinajstić information content (AvgIpc) is 3.18. The highest BCUT2D eigenvalue weighted by Crippen LogP contribution is 2.28. The van der Waals surface area contributed by atoms with E-state index in [1.165, 1.54) is 10.5 Å². The molecule has 0 spiro atoms. The highest BCUT2D eigenvalue weighted by atomic mass is 32.2. The lowest BCUT2D eigenvalue weighted by molar-refractivity contribution is 0.0950. The average molecular weight is 430 g/mol. The second-order valence-electron chi connectivity index (χ2n) is 7.20. The van der Waals surface area contributed by atoms with Gasteiger partial charge in [-0.2, -0.15) is 0 Å². The molecule has 0 unspecified atom stereocenters. The molecule has 0 fully saturated rings. The number of aryl methyl sites for hydroxylation is 2. The van der Waals surface area contributed by atoms with Crippen molar-refractivity contribution >= 4 is 17.7 Å². The van der Waals surface area contributed by atoms with Crippen LogP contribution >= 0.6 is 11.8 Å². The lowest BCUT2D eigenvalue weighted by Gasteiger charge is -2.05. The zero-order valence-corrected chi connectivity index (χ0v) is 18.3. The number of hydrogen-bond donors (Lipinski definition) is 1. The number of thioether (sulfide) groups is 1. The summed E-state index contributed by atoms with van der Waals surface area (Å²) in [5.41, 5.74) is 4.42. The summed E-state index contributed by atoms with van der Waals surface area (Å²) in [7, 11) is 0. The molecule has 0 aliphatic rings. The fourth-order valence-electron chi connectivity index (χ4n) is 3.01. The zero-order chi connectivity index (χ0) is 21.6. The number of amides is 1. The van der Waals surface area contributed by atoms with Crippen LogP contribution in [0.3, 0.4) is 0 Å². The summed E-state index contributed by atoms with van der Waals surface area (Å²) in [5, 5.41) is 2.88. The van der Waals surface area contributed by atoms with E-state index < -0.39 is 0 Å². The molecule has 0 radical (unpaired) electrons. The smallest absolute Gasteiger partial charge is 0.251 e. The Morgan fingerprint density at radius 3 is 2.48 bits per heavy atom. The minimum Gasteiger partial charge on any atom is -0.441 e. The van der Waals surface area contributed by atoms with Crippen molar-refractivity contribution in [2.45, 2.75) is 31.0 Å². The maximum absolute atomic E-state index is 12.4. The van der Waals surface area contributed by atoms with Gasteiger partial charge in [0.25, 0.3) is 5.91 Å². The molecule has 31 heavy (non-hydrogen) atoms. The first-order valence-corrected chi connectivity index (χ1v) is 11.0. The topological polar surface area (TPSA) is 68.0 Å². The molecule has 4 rings (SSSR count). The number of pyridine rings is 1. The van der Waals surface area contributed by atoms with Crippen molar-refractivity contribution in [3.8, 4) is 11.5 Å². The lowest BCUT2D eigenvalue weighted by atomic mass is 10.1. The van der Waals surface area contributed by atoms with E-state index in [4.69, 9.17) is 4.42 Å². The third-order valence-corrected chi connectivity index (χ3v) is 5.86. The molecule has 156 valence electrons. The molecule has 4 aromatic rings. The van der Waals surface area contributed by atoms with Crippen LogP contribution in [-0.4, -0.2) is 15.9 Å². The van der Waals surface area contributed by atoms with Crippen LogP contribution in [-0.2, 0) is 12.3 Å². The highest BCUT2D eigenvalue weighted by molar-refractivity contribution is 7.98. The number of benzene rings is 2. The Kier molecular flexibility index (Phi) is 6.48. The predicted octanol–water partition coefficient (Wildman–Crippen LogP) is 5.58. The maximum Gasteiger partial charge on any atom is 0.251 e. The van der Waals surface area contributed by atoms with Gasteiger partial charge in [-0.15, -0.1) is 11.8 Å². The van der Waals surface area contributed by atoms with E-state index in [0.29, 0.717) is 18.0 Å². The van der Waals surface area contributed by atoms with Crippen LogP contribution in [0, 0.1) is 13.8 Å². The fraction of sp³-hybridized carbons (Fsp3) is 0.160. The molecule has 2 aromatic heterocycles. The van der Waals surface area contributed by atoms with Crippen molar-refractivity contribution in [3.05, 3.63) is 101 Å². The quantitative estimate of drug-likeness (QED) is 0.389. The van der Waals surface area contributed by atoms with Gasteiger partial charge >= 0.3 is 0 Å². The van der Waals surface area contributed by atoms with Crippen LogP contribution in [0.15, 0.2) is 82.2 Å². The first-order valence-electron chi connectivity index (χ1n) is 10.0. The number of oxazole rings is 1. The summed E-state index contributed by atoms with van der Waals surface area (Å²) in [6.07, 6.45) is 1.71. The van der Waals surface area contributed by atoms with Gasteiger partial charge in [0.05, 0.1) is 17.9 Å². The fourth-order valence-corrected chi connectivity index (χ4v) is 3.91. The summed E-state index contributed by atoms with van der Waals surface area (Å²) < 4.78 is 5.88. The third kappa shape index (κ3) is 5.41.